The number of imide groups is 1. The van der Waals surface area contributed by atoms with Crippen molar-refractivity contribution in [1.29, 1.82) is 0 Å². The quantitative estimate of drug-likeness (QED) is 0.353. The standard InChI is InChI=1S/C24H20BrNO5S/c1-15-7-9-17(18(25)13-15)19-10-8-16(31-19)14-22-23(27)26(24(28)32-22)11-12-30-21-6-4-3-5-20(21)29-2/h3-10,13-14H,11-12H2,1-2H3/b22-14-. The van der Waals surface area contributed by atoms with Crippen LogP contribution in [0.5, 0.6) is 11.5 Å². The first kappa shape index (κ1) is 22.2. The Hall–Kier alpha value is -2.97. The Labute approximate surface area is 198 Å². The summed E-state index contributed by atoms with van der Waals surface area (Å²) >= 11 is 4.44. The van der Waals surface area contributed by atoms with Gasteiger partial charge in [-0.15, -0.1) is 0 Å². The average Bonchev–Trinajstić information content (AvgIpc) is 3.34. The van der Waals surface area contributed by atoms with E-state index in [9.17, 15) is 9.59 Å². The summed E-state index contributed by atoms with van der Waals surface area (Å²) in [4.78, 5) is 26.6. The lowest BCUT2D eigenvalue weighted by Crippen LogP contribution is -2.32. The van der Waals surface area contributed by atoms with Crippen molar-refractivity contribution < 1.29 is 23.5 Å². The molecule has 0 bridgehead atoms. The lowest BCUT2D eigenvalue weighted by molar-refractivity contribution is -0.123. The van der Waals surface area contributed by atoms with Crippen molar-refractivity contribution in [2.75, 3.05) is 20.3 Å². The van der Waals surface area contributed by atoms with Crippen molar-refractivity contribution in [3.05, 3.63) is 75.3 Å². The molecular weight excluding hydrogens is 494 g/mol. The lowest BCUT2D eigenvalue weighted by Gasteiger charge is -2.14. The Bertz CT molecular complexity index is 1200. The van der Waals surface area contributed by atoms with Crippen LogP contribution in [-0.4, -0.2) is 36.3 Å². The summed E-state index contributed by atoms with van der Waals surface area (Å²) in [6.07, 6.45) is 1.59. The fourth-order valence-electron chi connectivity index (χ4n) is 3.20. The number of thioether (sulfide) groups is 1. The maximum absolute atomic E-state index is 12.7. The van der Waals surface area contributed by atoms with Crippen LogP contribution in [-0.2, 0) is 4.79 Å². The largest absolute Gasteiger partial charge is 0.493 e. The Morgan fingerprint density at radius 1 is 1.09 bits per heavy atom. The van der Waals surface area contributed by atoms with Gasteiger partial charge in [0.25, 0.3) is 11.1 Å². The molecule has 6 nitrogen and oxygen atoms in total. The molecule has 1 aliphatic heterocycles. The zero-order valence-electron chi connectivity index (χ0n) is 17.5. The summed E-state index contributed by atoms with van der Waals surface area (Å²) in [5.74, 6) is 1.96. The van der Waals surface area contributed by atoms with E-state index >= 15 is 0 Å². The van der Waals surface area contributed by atoms with E-state index in [0.717, 1.165) is 27.4 Å². The molecule has 0 radical (unpaired) electrons. The van der Waals surface area contributed by atoms with E-state index in [1.165, 1.54) is 4.90 Å². The van der Waals surface area contributed by atoms with Gasteiger partial charge in [0.05, 0.1) is 18.6 Å². The zero-order valence-corrected chi connectivity index (χ0v) is 19.9. The number of benzene rings is 2. The summed E-state index contributed by atoms with van der Waals surface area (Å²) in [5.41, 5.74) is 2.05. The number of carbonyl (C=O) groups excluding carboxylic acids is 2. The molecule has 32 heavy (non-hydrogen) atoms. The number of ether oxygens (including phenoxy) is 2. The normalized spacial score (nSPS) is 15.0. The second-order valence-corrected chi connectivity index (χ2v) is 8.87. The van der Waals surface area contributed by atoms with Crippen LogP contribution >= 0.6 is 27.7 Å². The molecule has 3 aromatic rings. The molecule has 164 valence electrons. The number of furan rings is 1. The van der Waals surface area contributed by atoms with Crippen molar-refractivity contribution in [2.24, 2.45) is 0 Å². The van der Waals surface area contributed by atoms with Gasteiger partial charge in [-0.05, 0) is 60.6 Å². The summed E-state index contributed by atoms with van der Waals surface area (Å²) in [6.45, 7) is 2.32. The molecule has 4 rings (SSSR count). The SMILES string of the molecule is COc1ccccc1OCCN1C(=O)S/C(=C\c2ccc(-c3ccc(C)cc3Br)o2)C1=O. The summed E-state index contributed by atoms with van der Waals surface area (Å²) in [5, 5.41) is -0.335. The van der Waals surface area contributed by atoms with Gasteiger partial charge >= 0.3 is 0 Å². The Balaban J connectivity index is 1.43. The van der Waals surface area contributed by atoms with Gasteiger partial charge in [0.2, 0.25) is 0 Å². The summed E-state index contributed by atoms with van der Waals surface area (Å²) in [7, 11) is 1.56. The molecule has 0 N–H and O–H groups in total. The Morgan fingerprint density at radius 3 is 2.62 bits per heavy atom. The molecule has 0 saturated carbocycles. The third-order valence-electron chi connectivity index (χ3n) is 4.81. The number of methoxy groups -OCH3 is 1. The topological polar surface area (TPSA) is 69.0 Å². The maximum atomic E-state index is 12.7. The summed E-state index contributed by atoms with van der Waals surface area (Å²) < 4.78 is 17.8. The van der Waals surface area contributed by atoms with Crippen molar-refractivity contribution in [1.82, 2.24) is 4.90 Å². The van der Waals surface area contributed by atoms with Gasteiger partial charge in [-0.25, -0.2) is 0 Å². The minimum atomic E-state index is -0.363. The highest BCUT2D eigenvalue weighted by Gasteiger charge is 2.35. The number of hydrogen-bond donors (Lipinski definition) is 0. The molecule has 2 amide bonds. The van der Waals surface area contributed by atoms with Crippen LogP contribution in [0, 0.1) is 6.92 Å². The van der Waals surface area contributed by atoms with Gasteiger partial charge in [-0.3, -0.25) is 14.5 Å². The van der Waals surface area contributed by atoms with Gasteiger partial charge in [-0.1, -0.05) is 34.1 Å². The third-order valence-corrected chi connectivity index (χ3v) is 6.37. The zero-order chi connectivity index (χ0) is 22.7. The highest BCUT2D eigenvalue weighted by atomic mass is 79.9. The van der Waals surface area contributed by atoms with Crippen molar-refractivity contribution in [2.45, 2.75) is 6.92 Å². The first-order valence-corrected chi connectivity index (χ1v) is 11.4. The number of halogens is 1. The van der Waals surface area contributed by atoms with Crippen molar-refractivity contribution in [3.63, 3.8) is 0 Å². The van der Waals surface area contributed by atoms with Crippen LogP contribution in [0.15, 0.2) is 68.4 Å². The number of hydrogen-bond acceptors (Lipinski definition) is 6. The predicted octanol–water partition coefficient (Wildman–Crippen LogP) is 6.14. The maximum Gasteiger partial charge on any atom is 0.293 e. The molecule has 1 aromatic heterocycles. The fourth-order valence-corrected chi connectivity index (χ4v) is 4.74. The number of carbonyl (C=O) groups is 2. The smallest absolute Gasteiger partial charge is 0.293 e. The number of rotatable bonds is 7. The molecule has 0 unspecified atom stereocenters. The molecule has 1 aliphatic rings. The van der Waals surface area contributed by atoms with E-state index in [0.29, 0.717) is 27.9 Å². The summed E-state index contributed by atoms with van der Waals surface area (Å²) in [6, 6.07) is 16.8. The average molecular weight is 514 g/mol. The fraction of sp³-hybridized carbons (Fsp3) is 0.167. The van der Waals surface area contributed by atoms with Gasteiger partial charge in [-0.2, -0.15) is 0 Å². The molecule has 0 spiro atoms. The third kappa shape index (κ3) is 4.76. The Morgan fingerprint density at radius 2 is 1.88 bits per heavy atom. The molecule has 1 saturated heterocycles. The molecule has 0 aliphatic carbocycles. The number of nitrogens with zero attached hydrogens (tertiary/aromatic N) is 1. The van der Waals surface area contributed by atoms with E-state index in [1.54, 1.807) is 31.4 Å². The van der Waals surface area contributed by atoms with Crippen LogP contribution in [0.4, 0.5) is 4.79 Å². The minimum absolute atomic E-state index is 0.139. The van der Waals surface area contributed by atoms with Gasteiger partial charge in [0.1, 0.15) is 18.1 Å². The lowest BCUT2D eigenvalue weighted by atomic mass is 10.1. The Kier molecular flexibility index (Phi) is 6.72. The minimum Gasteiger partial charge on any atom is -0.493 e. The van der Waals surface area contributed by atoms with E-state index in [2.05, 4.69) is 15.9 Å². The second kappa shape index (κ2) is 9.67. The highest BCUT2D eigenvalue weighted by molar-refractivity contribution is 9.10. The van der Waals surface area contributed by atoms with Gasteiger partial charge in [0.15, 0.2) is 11.5 Å². The van der Waals surface area contributed by atoms with Gasteiger partial charge in [0, 0.05) is 16.1 Å². The number of para-hydroxylation sites is 2. The van der Waals surface area contributed by atoms with Crippen LogP contribution in [0.1, 0.15) is 11.3 Å². The second-order valence-electron chi connectivity index (χ2n) is 7.02. The first-order valence-electron chi connectivity index (χ1n) is 9.84. The van der Waals surface area contributed by atoms with Crippen molar-refractivity contribution in [3.8, 4) is 22.8 Å². The van der Waals surface area contributed by atoms with E-state index < -0.39 is 0 Å². The van der Waals surface area contributed by atoms with Crippen molar-refractivity contribution >= 4 is 44.9 Å². The number of aryl methyl sites for hydroxylation is 1. The first-order chi connectivity index (χ1) is 15.5. The van der Waals surface area contributed by atoms with E-state index in [4.69, 9.17) is 13.9 Å². The molecule has 2 aromatic carbocycles. The van der Waals surface area contributed by atoms with E-state index in [1.807, 2.05) is 43.3 Å². The van der Waals surface area contributed by atoms with Crippen LogP contribution < -0.4 is 9.47 Å². The molecule has 1 fully saturated rings. The number of amides is 2. The molecule has 0 atom stereocenters. The molecule has 8 heteroatoms. The van der Waals surface area contributed by atoms with Crippen LogP contribution in [0.2, 0.25) is 0 Å². The van der Waals surface area contributed by atoms with Crippen LogP contribution in [0.25, 0.3) is 17.4 Å². The highest BCUT2D eigenvalue weighted by Crippen LogP contribution is 2.35. The predicted molar refractivity (Wildman–Crippen MR) is 128 cm³/mol. The molecule has 2 heterocycles. The van der Waals surface area contributed by atoms with Crippen LogP contribution in [0.3, 0.4) is 0 Å². The van der Waals surface area contributed by atoms with Gasteiger partial charge < -0.3 is 13.9 Å². The monoisotopic (exact) mass is 513 g/mol. The molecular formula is C24H20BrNO5S. The van der Waals surface area contributed by atoms with E-state index in [-0.39, 0.29) is 24.3 Å².